The Labute approximate surface area is 377 Å². The molecule has 0 nitrogen and oxygen atoms in total. The minimum atomic E-state index is -0.623. The summed E-state index contributed by atoms with van der Waals surface area (Å²) in [5, 5.41) is 1.57. The van der Waals surface area contributed by atoms with Crippen molar-refractivity contribution in [2.75, 3.05) is 0 Å². The fourth-order valence-corrected chi connectivity index (χ4v) is 10.8. The second kappa shape index (κ2) is 18.9. The van der Waals surface area contributed by atoms with Gasteiger partial charge in [-0.3, -0.25) is 12.2 Å². The van der Waals surface area contributed by atoms with Gasteiger partial charge in [-0.25, -0.2) is 11.1 Å². The summed E-state index contributed by atoms with van der Waals surface area (Å²) < 4.78 is 4.66. The Morgan fingerprint density at radius 1 is 0.737 bits per heavy atom. The van der Waals surface area contributed by atoms with Gasteiger partial charge in [-0.05, 0) is 58.4 Å². The normalized spacial score (nSPS) is 17.1. The second-order valence-electron chi connectivity index (χ2n) is 17.6. The molecule has 0 amide bonds. The van der Waals surface area contributed by atoms with E-state index in [4.69, 9.17) is 23.2 Å². The molecule has 0 heterocycles. The van der Waals surface area contributed by atoms with E-state index < -0.39 is 22.3 Å². The number of benzene rings is 4. The van der Waals surface area contributed by atoms with Gasteiger partial charge < -0.3 is 0 Å². The molecule has 8 rings (SSSR count). The Bertz CT molecular complexity index is 2170. The van der Waals surface area contributed by atoms with E-state index >= 15 is 0 Å². The fourth-order valence-electron chi connectivity index (χ4n) is 8.49. The van der Waals surface area contributed by atoms with Crippen LogP contribution >= 0.6 is 48.0 Å². The third-order valence-corrected chi connectivity index (χ3v) is 14.3. The Kier molecular flexibility index (Phi) is 15.7. The summed E-state index contributed by atoms with van der Waals surface area (Å²) in [6.45, 7) is 25.0. The van der Waals surface area contributed by atoms with Gasteiger partial charge in [0.15, 0.2) is 0 Å². The number of allylic oxidation sites excluding steroid dienone is 8. The monoisotopic (exact) mass is 912 g/mol. The topological polar surface area (TPSA) is 0 Å². The average molecular weight is 916 g/mol. The first-order valence-corrected chi connectivity index (χ1v) is 23.5. The number of hydrogen-bond donors (Lipinski definition) is 0. The molecule has 0 radical (unpaired) electrons. The van der Waals surface area contributed by atoms with Crippen molar-refractivity contribution in [3.05, 3.63) is 163 Å². The van der Waals surface area contributed by atoms with Crippen LogP contribution in [0.3, 0.4) is 0 Å². The Balaban J connectivity index is 0.000000198. The van der Waals surface area contributed by atoms with E-state index in [0.29, 0.717) is 11.3 Å². The van der Waals surface area contributed by atoms with Gasteiger partial charge in [0.25, 0.3) is 0 Å². The average Bonchev–Trinajstić information content (AvgIpc) is 3.84. The van der Waals surface area contributed by atoms with Crippen molar-refractivity contribution < 1.29 is 22.3 Å². The SMILES string of the molecule is CC1=[C-]C(C)(C)c2cc3c(cc21)-c1cc2c(cc1C3)C(C)(C)C=C2C.CCC1=[C-]C(CC)C=C1C(C)(C)C.Cl.Cl.Clc1ccc([CH]=[Zr]=[CH]c2ccc(Cl)cc2)cc1. The van der Waals surface area contributed by atoms with Gasteiger partial charge >= 0.3 is 123 Å². The van der Waals surface area contributed by atoms with Crippen LogP contribution < -0.4 is 0 Å². The minimum absolute atomic E-state index is 0. The molecule has 5 heteroatoms. The Morgan fingerprint density at radius 2 is 1.25 bits per heavy atom. The fraction of sp³-hybridized carbons (Fsp3) is 0.346. The third kappa shape index (κ3) is 10.7. The molecule has 4 aromatic carbocycles. The molecule has 0 aromatic heterocycles. The van der Waals surface area contributed by atoms with E-state index in [1.165, 1.54) is 84.3 Å². The van der Waals surface area contributed by atoms with Gasteiger partial charge in [0.05, 0.1) is 0 Å². The van der Waals surface area contributed by atoms with Crippen LogP contribution in [0.15, 0.2) is 96.1 Å². The van der Waals surface area contributed by atoms with E-state index in [2.05, 4.69) is 156 Å². The Morgan fingerprint density at radius 3 is 1.72 bits per heavy atom. The molecule has 4 aromatic rings. The molecule has 1 unspecified atom stereocenters. The number of hydrogen-bond acceptors (Lipinski definition) is 0. The molecule has 0 bridgehead atoms. The predicted octanol–water partition coefficient (Wildman–Crippen LogP) is 15.5. The van der Waals surface area contributed by atoms with Crippen molar-refractivity contribution in [2.45, 2.75) is 106 Å². The van der Waals surface area contributed by atoms with Gasteiger partial charge in [0.1, 0.15) is 0 Å². The van der Waals surface area contributed by atoms with Crippen molar-refractivity contribution in [2.24, 2.45) is 11.3 Å². The van der Waals surface area contributed by atoms with Gasteiger partial charge in [0.2, 0.25) is 0 Å². The Hall–Kier alpha value is -2.38. The third-order valence-electron chi connectivity index (χ3n) is 11.3. The molecule has 4 aliphatic carbocycles. The molecule has 0 spiro atoms. The molecule has 0 saturated carbocycles. The molecule has 1 atom stereocenters. The molecule has 0 aliphatic heterocycles. The first kappa shape index (κ1) is 47.3. The second-order valence-corrected chi connectivity index (χ2v) is 20.7. The van der Waals surface area contributed by atoms with Gasteiger partial charge in [0, 0.05) is 5.41 Å². The van der Waals surface area contributed by atoms with Crippen LogP contribution in [0.4, 0.5) is 0 Å². The van der Waals surface area contributed by atoms with E-state index in [1.807, 2.05) is 24.3 Å². The van der Waals surface area contributed by atoms with E-state index in [1.54, 1.807) is 0 Å². The zero-order valence-electron chi connectivity index (χ0n) is 35.5. The molecular formula is C52H58Cl4Zr-2. The molecule has 4 aliphatic rings. The summed E-state index contributed by atoms with van der Waals surface area (Å²) in [6.07, 6.45) is 15.4. The van der Waals surface area contributed by atoms with Crippen LogP contribution in [0.2, 0.25) is 10.0 Å². The van der Waals surface area contributed by atoms with Gasteiger partial charge in [-0.1, -0.05) is 117 Å². The predicted molar refractivity (Wildman–Crippen MR) is 253 cm³/mol. The maximum atomic E-state index is 5.84. The van der Waals surface area contributed by atoms with Crippen LogP contribution in [0.25, 0.3) is 22.3 Å². The summed E-state index contributed by atoms with van der Waals surface area (Å²) in [7, 11) is 0. The van der Waals surface area contributed by atoms with E-state index in [0.717, 1.165) is 22.9 Å². The van der Waals surface area contributed by atoms with Crippen molar-refractivity contribution in [1.82, 2.24) is 0 Å². The summed E-state index contributed by atoms with van der Waals surface area (Å²) in [4.78, 5) is 0. The van der Waals surface area contributed by atoms with Crippen molar-refractivity contribution in [1.29, 1.82) is 0 Å². The van der Waals surface area contributed by atoms with Crippen LogP contribution in [0.5, 0.6) is 0 Å². The van der Waals surface area contributed by atoms with E-state index in [-0.39, 0.29) is 35.6 Å². The first-order chi connectivity index (χ1) is 25.9. The molecule has 0 saturated heterocycles. The molecule has 0 N–H and O–H groups in total. The molecule has 300 valence electrons. The number of halogens is 4. The van der Waals surface area contributed by atoms with Crippen molar-refractivity contribution >= 4 is 66.6 Å². The zero-order valence-corrected chi connectivity index (χ0v) is 41.1. The van der Waals surface area contributed by atoms with Crippen LogP contribution in [0, 0.1) is 23.5 Å². The number of rotatable bonds is 4. The van der Waals surface area contributed by atoms with E-state index in [9.17, 15) is 0 Å². The standard InChI is InChI=1S/C25H25.C13H21.2C7H5Cl.2ClH.Zr/c1-14-12-24(3,4)22-8-16-7-17-9-23-19(15(2)13-25(23,5)6)11-21(17)20(16)10-18(14)22;1-6-10-8-11(7-2)12(9-10)13(3,4)5;2*1-6-2-4-7(8)5-3-6;;;/h8-12H,7H2,1-6H3;9-10H,6-7H2,1-5H3;2*1-5H;2*1H;/q2*-1;;;;;. The first-order valence-electron chi connectivity index (χ1n) is 19.9. The maximum absolute atomic E-state index is 5.84. The zero-order chi connectivity index (χ0) is 39.9. The van der Waals surface area contributed by atoms with Crippen LogP contribution in [-0.4, -0.2) is 7.42 Å². The molecular weight excluding hydrogens is 858 g/mol. The molecule has 57 heavy (non-hydrogen) atoms. The quantitative estimate of drug-likeness (QED) is 0.158. The van der Waals surface area contributed by atoms with Crippen LogP contribution in [-0.2, 0) is 39.5 Å². The summed E-state index contributed by atoms with van der Waals surface area (Å²) in [6, 6.07) is 25.7. The van der Waals surface area contributed by atoms with Crippen LogP contribution in [0.1, 0.15) is 134 Å². The van der Waals surface area contributed by atoms with Crippen molar-refractivity contribution in [3.63, 3.8) is 0 Å². The summed E-state index contributed by atoms with van der Waals surface area (Å²) >= 11 is 11.0. The van der Waals surface area contributed by atoms with Gasteiger partial charge in [-0.2, -0.15) is 17.2 Å². The summed E-state index contributed by atoms with van der Waals surface area (Å²) in [5.41, 5.74) is 20.3. The van der Waals surface area contributed by atoms with Gasteiger partial charge in [-0.15, -0.1) is 36.4 Å². The number of fused-ring (bicyclic) bond motifs is 5. The van der Waals surface area contributed by atoms with Crippen molar-refractivity contribution in [3.8, 4) is 11.1 Å². The molecule has 0 fully saturated rings. The summed E-state index contributed by atoms with van der Waals surface area (Å²) in [5.74, 6) is 0.573.